The minimum absolute atomic E-state index is 0.00719. The lowest BCUT2D eigenvalue weighted by Crippen LogP contribution is -2.53. The van der Waals surface area contributed by atoms with Gasteiger partial charge in [-0.25, -0.2) is 0 Å². The maximum atomic E-state index is 13.5. The first-order valence-corrected chi connectivity index (χ1v) is 15.2. The first-order chi connectivity index (χ1) is 19.9. The second-order valence-electron chi connectivity index (χ2n) is 11.5. The Morgan fingerprint density at radius 2 is 1.62 bits per heavy atom. The van der Waals surface area contributed by atoms with E-state index in [0.717, 1.165) is 0 Å². The molecule has 0 aromatic heterocycles. The van der Waals surface area contributed by atoms with Crippen LogP contribution < -0.4 is 0 Å². The number of ether oxygens (including phenoxy) is 2. The summed E-state index contributed by atoms with van der Waals surface area (Å²) in [7, 11) is 0. The van der Waals surface area contributed by atoms with Crippen molar-refractivity contribution >= 4 is 40.6 Å². The fourth-order valence-electron chi connectivity index (χ4n) is 6.62. The van der Waals surface area contributed by atoms with Crippen LogP contribution in [0.25, 0.3) is 0 Å². The number of hydrogen-bond donors (Lipinski definition) is 3. The molecule has 3 aliphatic rings. The van der Waals surface area contributed by atoms with Gasteiger partial charge in [0.25, 0.3) is 0 Å². The van der Waals surface area contributed by atoms with Crippen LogP contribution in [0.5, 0.6) is 11.5 Å². The van der Waals surface area contributed by atoms with Crippen LogP contribution in [0.4, 0.5) is 0 Å². The molecular weight excluding hydrogens is 585 g/mol. The summed E-state index contributed by atoms with van der Waals surface area (Å²) in [6.07, 6.45) is -2.41. The molecule has 2 aromatic carbocycles. The van der Waals surface area contributed by atoms with Gasteiger partial charge in [0.1, 0.15) is 17.1 Å². The number of nitrogens with zero attached hydrogens (tertiary/aromatic N) is 1. The van der Waals surface area contributed by atoms with Crippen LogP contribution in [0, 0.1) is 5.92 Å². The van der Waals surface area contributed by atoms with Crippen molar-refractivity contribution in [3.8, 4) is 11.5 Å². The molecule has 1 aliphatic heterocycles. The predicted molar refractivity (Wildman–Crippen MR) is 156 cm³/mol. The first kappa shape index (κ1) is 30.9. The Balaban J connectivity index is 1.59. The highest BCUT2D eigenvalue weighted by atomic mass is 35.5. The molecule has 1 heterocycles. The van der Waals surface area contributed by atoms with E-state index < -0.39 is 46.8 Å². The van der Waals surface area contributed by atoms with Crippen molar-refractivity contribution in [1.29, 1.82) is 0 Å². The average molecular weight is 621 g/mol. The molecule has 0 spiro atoms. The van der Waals surface area contributed by atoms with Gasteiger partial charge in [0.05, 0.1) is 23.3 Å². The lowest BCUT2D eigenvalue weighted by Gasteiger charge is -2.46. The minimum atomic E-state index is -1.95. The summed E-state index contributed by atoms with van der Waals surface area (Å²) in [6.45, 7) is 6.45. The molecule has 0 saturated carbocycles. The molecule has 2 aromatic rings. The van der Waals surface area contributed by atoms with E-state index in [1.807, 2.05) is 6.92 Å². The third-order valence-corrected chi connectivity index (χ3v) is 9.44. The van der Waals surface area contributed by atoms with Gasteiger partial charge in [0.2, 0.25) is 0 Å². The summed E-state index contributed by atoms with van der Waals surface area (Å²) >= 11 is 12.2. The SMILES string of the molecule is CC(=O)[C@]1(O)Cc2c(O)c3c(c(O)c2[C@@H](OC2CC(N(CCCl)CCCl)C(C)C(C)O2)C1)C(=O)c1ccccc1C3=O. The van der Waals surface area contributed by atoms with Gasteiger partial charge in [-0.1, -0.05) is 31.2 Å². The maximum Gasteiger partial charge on any atom is 0.198 e. The summed E-state index contributed by atoms with van der Waals surface area (Å²) in [5.74, 6) is -1.95. The Bertz CT molecular complexity index is 1420. The van der Waals surface area contributed by atoms with Crippen molar-refractivity contribution in [1.82, 2.24) is 4.90 Å². The normalized spacial score (nSPS) is 28.8. The molecule has 42 heavy (non-hydrogen) atoms. The van der Waals surface area contributed by atoms with Gasteiger partial charge >= 0.3 is 0 Å². The number of hydrogen-bond acceptors (Lipinski definition) is 9. The highest BCUT2D eigenvalue weighted by Crippen LogP contribution is 2.52. The van der Waals surface area contributed by atoms with Crippen LogP contribution in [0.3, 0.4) is 0 Å². The molecular formula is C31H35Cl2NO8. The number of Topliss-reactive ketones (excluding diaryl/α,β-unsaturated/α-hetero) is 1. The van der Waals surface area contributed by atoms with Gasteiger partial charge in [0.15, 0.2) is 23.6 Å². The van der Waals surface area contributed by atoms with E-state index >= 15 is 0 Å². The van der Waals surface area contributed by atoms with E-state index in [-0.39, 0.29) is 64.3 Å². The number of phenolic OH excluding ortho intramolecular Hbond substituents is 2. The molecule has 4 unspecified atom stereocenters. The molecule has 9 nitrogen and oxygen atoms in total. The predicted octanol–water partition coefficient (Wildman–Crippen LogP) is 4.12. The smallest absolute Gasteiger partial charge is 0.198 e. The van der Waals surface area contributed by atoms with E-state index in [2.05, 4.69) is 11.8 Å². The van der Waals surface area contributed by atoms with E-state index in [1.54, 1.807) is 12.1 Å². The van der Waals surface area contributed by atoms with Crippen molar-refractivity contribution in [2.45, 2.75) is 70.2 Å². The van der Waals surface area contributed by atoms with Crippen molar-refractivity contribution in [2.75, 3.05) is 24.8 Å². The fourth-order valence-corrected chi connectivity index (χ4v) is 7.06. The number of alkyl halides is 2. The molecule has 11 heteroatoms. The maximum absolute atomic E-state index is 13.5. The zero-order chi connectivity index (χ0) is 30.5. The molecule has 5 rings (SSSR count). The van der Waals surface area contributed by atoms with Crippen LogP contribution >= 0.6 is 23.2 Å². The minimum Gasteiger partial charge on any atom is -0.507 e. The third kappa shape index (κ3) is 5.14. The second kappa shape index (κ2) is 11.9. The summed E-state index contributed by atoms with van der Waals surface area (Å²) < 4.78 is 12.6. The number of aliphatic hydroxyl groups is 1. The Morgan fingerprint density at radius 3 is 2.17 bits per heavy atom. The lowest BCUT2D eigenvalue weighted by molar-refractivity contribution is -0.246. The van der Waals surface area contributed by atoms with Gasteiger partial charge < -0.3 is 24.8 Å². The van der Waals surface area contributed by atoms with Gasteiger partial charge in [-0.3, -0.25) is 19.3 Å². The number of halogens is 2. The summed E-state index contributed by atoms with van der Waals surface area (Å²) in [5.41, 5.74) is -2.38. The Labute approximate surface area is 254 Å². The van der Waals surface area contributed by atoms with Crippen LogP contribution in [-0.2, 0) is 20.7 Å². The summed E-state index contributed by atoms with van der Waals surface area (Å²) in [5, 5.41) is 34.4. The molecule has 6 atom stereocenters. The number of rotatable bonds is 8. The van der Waals surface area contributed by atoms with Gasteiger partial charge in [-0.05, 0) is 19.8 Å². The number of phenols is 2. The number of carbonyl (C=O) groups excluding carboxylic acids is 3. The topological polar surface area (TPSA) is 134 Å². The molecule has 1 fully saturated rings. The number of aromatic hydroxyl groups is 2. The van der Waals surface area contributed by atoms with Crippen LogP contribution in [0.15, 0.2) is 24.3 Å². The lowest BCUT2D eigenvalue weighted by atomic mass is 9.72. The third-order valence-electron chi connectivity index (χ3n) is 9.11. The molecule has 0 amide bonds. The van der Waals surface area contributed by atoms with Gasteiger partial charge in [-0.15, -0.1) is 23.2 Å². The number of benzene rings is 2. The second-order valence-corrected chi connectivity index (χ2v) is 12.2. The fraction of sp³-hybridized carbons (Fsp3) is 0.516. The van der Waals surface area contributed by atoms with Gasteiger partial charge in [0, 0.05) is 72.4 Å². The molecule has 0 bridgehead atoms. The highest BCUT2D eigenvalue weighted by Gasteiger charge is 2.49. The molecule has 3 N–H and O–H groups in total. The Hall–Kier alpha value is -2.53. The molecule has 0 radical (unpaired) electrons. The Kier molecular flexibility index (Phi) is 8.73. The first-order valence-electron chi connectivity index (χ1n) is 14.1. The zero-order valence-corrected chi connectivity index (χ0v) is 25.2. The monoisotopic (exact) mass is 619 g/mol. The number of ketones is 3. The van der Waals surface area contributed by atoms with E-state index in [0.29, 0.717) is 31.3 Å². The van der Waals surface area contributed by atoms with Crippen molar-refractivity contribution in [3.63, 3.8) is 0 Å². The van der Waals surface area contributed by atoms with Crippen molar-refractivity contribution < 1.29 is 39.2 Å². The largest absolute Gasteiger partial charge is 0.507 e. The van der Waals surface area contributed by atoms with Gasteiger partial charge in [-0.2, -0.15) is 0 Å². The molecule has 1 saturated heterocycles. The van der Waals surface area contributed by atoms with E-state index in [1.165, 1.54) is 19.1 Å². The standard InChI is InChI=1S/C31H35Cl2NO8/c1-15-16(2)41-23(12-21(15)34(10-8-32)11-9-33)42-22-14-31(40,17(3)35)13-20-24(22)30(39)26-25(29(20)38)27(36)18-6-4-5-7-19(18)28(26)37/h4-7,15-16,21-23,38-40H,8-14H2,1-3H3/t15?,16?,21?,22-,23?,31-/m0/s1. The molecule has 226 valence electrons. The van der Waals surface area contributed by atoms with Crippen LogP contribution in [0.2, 0.25) is 0 Å². The van der Waals surface area contributed by atoms with Crippen LogP contribution in [0.1, 0.15) is 82.7 Å². The molecule has 2 aliphatic carbocycles. The van der Waals surface area contributed by atoms with E-state index in [9.17, 15) is 29.7 Å². The number of fused-ring (bicyclic) bond motifs is 3. The summed E-state index contributed by atoms with van der Waals surface area (Å²) in [4.78, 5) is 41.9. The highest BCUT2D eigenvalue weighted by molar-refractivity contribution is 6.30. The quantitative estimate of drug-likeness (QED) is 0.251. The summed E-state index contributed by atoms with van der Waals surface area (Å²) in [6, 6.07) is 6.17. The average Bonchev–Trinajstić information content (AvgIpc) is 2.95. The van der Waals surface area contributed by atoms with Crippen molar-refractivity contribution in [2.24, 2.45) is 5.92 Å². The van der Waals surface area contributed by atoms with E-state index in [4.69, 9.17) is 32.7 Å². The zero-order valence-electron chi connectivity index (χ0n) is 23.7. The Morgan fingerprint density at radius 1 is 1.05 bits per heavy atom. The number of carbonyl (C=O) groups is 3. The van der Waals surface area contributed by atoms with Crippen molar-refractivity contribution in [3.05, 3.63) is 57.6 Å². The van der Waals surface area contributed by atoms with Crippen LogP contribution in [-0.4, -0.2) is 86.5 Å².